The van der Waals surface area contributed by atoms with Gasteiger partial charge in [0.15, 0.2) is 0 Å². The average molecular weight is 454 g/mol. The summed E-state index contributed by atoms with van der Waals surface area (Å²) in [6.07, 6.45) is 9.58. The number of anilines is 1. The van der Waals surface area contributed by atoms with Crippen LogP contribution in [0.1, 0.15) is 40.0 Å². The average Bonchev–Trinajstić information content (AvgIpc) is 3.48. The van der Waals surface area contributed by atoms with Gasteiger partial charge in [0.25, 0.3) is 11.8 Å². The molecule has 2 aliphatic heterocycles. The van der Waals surface area contributed by atoms with Crippen LogP contribution in [0.25, 0.3) is 22.5 Å². The number of carbonyl (C=O) groups is 2. The van der Waals surface area contributed by atoms with Gasteiger partial charge in [0.05, 0.1) is 23.5 Å². The van der Waals surface area contributed by atoms with Gasteiger partial charge >= 0.3 is 0 Å². The van der Waals surface area contributed by atoms with Crippen molar-refractivity contribution < 1.29 is 14.3 Å². The zero-order valence-electron chi connectivity index (χ0n) is 18.6. The molecule has 3 aromatic rings. The number of fused-ring (bicyclic) bond motifs is 6. The first-order valence-electron chi connectivity index (χ1n) is 11.7. The van der Waals surface area contributed by atoms with E-state index in [2.05, 4.69) is 27.9 Å². The van der Waals surface area contributed by atoms with Crippen molar-refractivity contribution >= 4 is 17.5 Å². The Balaban J connectivity index is 1.32. The number of hydrogen-bond donors (Lipinski definition) is 2. The number of H-pyrrole nitrogens is 1. The van der Waals surface area contributed by atoms with Crippen LogP contribution in [0.3, 0.4) is 0 Å². The van der Waals surface area contributed by atoms with Gasteiger partial charge in [0.2, 0.25) is 5.88 Å². The van der Waals surface area contributed by atoms with Gasteiger partial charge in [-0.25, -0.2) is 4.98 Å². The summed E-state index contributed by atoms with van der Waals surface area (Å²) in [6.45, 7) is 4.45. The van der Waals surface area contributed by atoms with Crippen LogP contribution in [0.15, 0.2) is 37.2 Å². The number of aromatic nitrogens is 3. The first-order chi connectivity index (χ1) is 16.5. The Kier molecular flexibility index (Phi) is 3.90. The van der Waals surface area contributed by atoms with E-state index in [9.17, 15) is 9.59 Å². The van der Waals surface area contributed by atoms with E-state index in [1.807, 2.05) is 12.3 Å². The molecule has 0 unspecified atom stereocenters. The topological polar surface area (TPSA) is 100 Å². The molecule has 1 spiro atoms. The molecule has 8 nitrogen and oxygen atoms in total. The molecule has 2 N–H and O–H groups in total. The van der Waals surface area contributed by atoms with Gasteiger partial charge in [0, 0.05) is 41.2 Å². The number of nitrogens with one attached hydrogen (secondary N) is 2. The van der Waals surface area contributed by atoms with Crippen molar-refractivity contribution in [3.05, 3.63) is 59.6 Å². The highest BCUT2D eigenvalue weighted by Gasteiger charge is 2.49. The summed E-state index contributed by atoms with van der Waals surface area (Å²) in [5.74, 6) is 0.303. The Morgan fingerprint density at radius 3 is 2.91 bits per heavy atom. The molecule has 0 atom stereocenters. The third-order valence-electron chi connectivity index (χ3n) is 7.47. The Bertz CT molecular complexity index is 1420. The van der Waals surface area contributed by atoms with E-state index >= 15 is 0 Å². The Morgan fingerprint density at radius 2 is 2.09 bits per heavy atom. The standard InChI is InChI=1S/C26H23N5O3/c1-2-21(32)31-7-8-34-25-20(31)9-15(13-28-25)18-10-17-14(12-27-18)3-4-16-22-19(29-23(16)17)11-26(5-6-26)30-24(22)33/h2,9-10,12-13,29H,1,3-8,11H2,(H,30,33). The summed E-state index contributed by atoms with van der Waals surface area (Å²) in [6, 6.07) is 3.96. The number of nitrogens with zero attached hydrogens (tertiary/aromatic N) is 3. The van der Waals surface area contributed by atoms with Crippen LogP contribution in [-0.2, 0) is 24.1 Å². The first kappa shape index (κ1) is 19.5. The molecule has 0 aromatic carbocycles. The molecule has 2 amide bonds. The Labute approximate surface area is 196 Å². The zero-order valence-corrected chi connectivity index (χ0v) is 18.6. The molecular formula is C26H23N5O3. The molecule has 0 saturated heterocycles. The summed E-state index contributed by atoms with van der Waals surface area (Å²) in [5.41, 5.74) is 8.41. The minimum atomic E-state index is -0.185. The summed E-state index contributed by atoms with van der Waals surface area (Å²) in [4.78, 5) is 39.7. The smallest absolute Gasteiger partial charge is 0.253 e. The Hall–Kier alpha value is -3.94. The van der Waals surface area contributed by atoms with Crippen LogP contribution in [0, 0.1) is 0 Å². The summed E-state index contributed by atoms with van der Waals surface area (Å²) in [5, 5.41) is 3.24. The molecule has 7 rings (SSSR count). The van der Waals surface area contributed by atoms with Crippen LogP contribution in [0.5, 0.6) is 5.88 Å². The number of amides is 2. The fourth-order valence-corrected chi connectivity index (χ4v) is 5.53. The van der Waals surface area contributed by atoms with Gasteiger partial charge in [-0.05, 0) is 55.0 Å². The molecule has 1 fully saturated rings. The lowest BCUT2D eigenvalue weighted by atomic mass is 9.87. The van der Waals surface area contributed by atoms with E-state index in [-0.39, 0.29) is 17.4 Å². The summed E-state index contributed by atoms with van der Waals surface area (Å²) < 4.78 is 5.65. The third kappa shape index (κ3) is 2.77. The van der Waals surface area contributed by atoms with Gasteiger partial charge in [-0.15, -0.1) is 0 Å². The largest absolute Gasteiger partial charge is 0.474 e. The number of pyridine rings is 2. The summed E-state index contributed by atoms with van der Waals surface area (Å²) >= 11 is 0. The number of aryl methyl sites for hydroxylation is 1. The van der Waals surface area contributed by atoms with Crippen molar-refractivity contribution in [3.8, 4) is 28.4 Å². The molecule has 8 heteroatoms. The number of rotatable bonds is 2. The normalized spacial score (nSPS) is 18.7. The van der Waals surface area contributed by atoms with Crippen molar-refractivity contribution in [3.63, 3.8) is 0 Å². The maximum atomic E-state index is 12.9. The van der Waals surface area contributed by atoms with Gasteiger partial charge in [-0.1, -0.05) is 6.58 Å². The third-order valence-corrected chi connectivity index (χ3v) is 7.47. The lowest BCUT2D eigenvalue weighted by Gasteiger charge is -2.28. The van der Waals surface area contributed by atoms with E-state index in [0.29, 0.717) is 24.7 Å². The van der Waals surface area contributed by atoms with Gasteiger partial charge in [-0.2, -0.15) is 0 Å². The van der Waals surface area contributed by atoms with E-state index in [4.69, 9.17) is 9.72 Å². The molecule has 3 aromatic heterocycles. The van der Waals surface area contributed by atoms with E-state index < -0.39 is 0 Å². The second-order valence-electron chi connectivity index (χ2n) is 9.56. The predicted octanol–water partition coefficient (Wildman–Crippen LogP) is 2.97. The van der Waals surface area contributed by atoms with Crippen molar-refractivity contribution in [2.75, 3.05) is 18.1 Å². The maximum absolute atomic E-state index is 12.9. The van der Waals surface area contributed by atoms with Crippen molar-refractivity contribution in [1.82, 2.24) is 20.3 Å². The number of ether oxygens (including phenoxy) is 1. The zero-order chi connectivity index (χ0) is 23.0. The fraction of sp³-hybridized carbons (Fsp3) is 0.308. The minimum Gasteiger partial charge on any atom is -0.474 e. The second-order valence-corrected chi connectivity index (χ2v) is 9.56. The number of hydrogen-bond acceptors (Lipinski definition) is 5. The van der Waals surface area contributed by atoms with Crippen LogP contribution in [0.4, 0.5) is 5.69 Å². The summed E-state index contributed by atoms with van der Waals surface area (Å²) in [7, 11) is 0. The molecule has 2 aliphatic carbocycles. The van der Waals surface area contributed by atoms with Crippen molar-refractivity contribution in [2.24, 2.45) is 0 Å². The van der Waals surface area contributed by atoms with Crippen LogP contribution < -0.4 is 15.0 Å². The molecule has 5 heterocycles. The predicted molar refractivity (Wildman–Crippen MR) is 126 cm³/mol. The van der Waals surface area contributed by atoms with E-state index in [1.165, 1.54) is 6.08 Å². The first-order valence-corrected chi connectivity index (χ1v) is 11.7. The monoisotopic (exact) mass is 453 g/mol. The van der Waals surface area contributed by atoms with Crippen LogP contribution in [0.2, 0.25) is 0 Å². The number of carbonyl (C=O) groups excluding carboxylic acids is 2. The highest BCUT2D eigenvalue weighted by Crippen LogP contribution is 2.46. The molecular weight excluding hydrogens is 430 g/mol. The van der Waals surface area contributed by atoms with Crippen molar-refractivity contribution in [1.29, 1.82) is 0 Å². The van der Waals surface area contributed by atoms with E-state index in [1.54, 1.807) is 11.1 Å². The maximum Gasteiger partial charge on any atom is 0.253 e. The Morgan fingerprint density at radius 1 is 1.21 bits per heavy atom. The molecule has 1 saturated carbocycles. The van der Waals surface area contributed by atoms with Crippen LogP contribution in [-0.4, -0.2) is 45.5 Å². The minimum absolute atomic E-state index is 0.0324. The van der Waals surface area contributed by atoms with Gasteiger partial charge in [0.1, 0.15) is 12.3 Å². The molecule has 0 bridgehead atoms. The molecule has 170 valence electrons. The highest BCUT2D eigenvalue weighted by molar-refractivity contribution is 6.03. The van der Waals surface area contributed by atoms with Gasteiger partial charge < -0.3 is 19.9 Å². The highest BCUT2D eigenvalue weighted by atomic mass is 16.5. The lowest BCUT2D eigenvalue weighted by Crippen LogP contribution is -2.43. The second kappa shape index (κ2) is 6.79. The molecule has 34 heavy (non-hydrogen) atoms. The fourth-order valence-electron chi connectivity index (χ4n) is 5.53. The number of aromatic amines is 1. The lowest BCUT2D eigenvalue weighted by molar-refractivity contribution is -0.114. The van der Waals surface area contributed by atoms with Crippen LogP contribution >= 0.6 is 0 Å². The molecule has 0 radical (unpaired) electrons. The van der Waals surface area contributed by atoms with Gasteiger partial charge in [-0.3, -0.25) is 14.6 Å². The van der Waals surface area contributed by atoms with Crippen molar-refractivity contribution in [2.45, 2.75) is 37.6 Å². The SMILES string of the molecule is C=CC(=O)N1CCOc2ncc(-c3cc4c(cn3)CCc3c-4[nH]c4c3C(=O)NC3(CC3)C4)cc21. The van der Waals surface area contributed by atoms with E-state index in [0.717, 1.165) is 77.0 Å². The molecule has 4 aliphatic rings. The quantitative estimate of drug-likeness (QED) is 0.581.